The third kappa shape index (κ3) is 4.43. The van der Waals surface area contributed by atoms with Crippen molar-refractivity contribution in [1.82, 2.24) is 4.98 Å². The lowest BCUT2D eigenvalue weighted by atomic mass is 9.73. The molecule has 0 saturated carbocycles. The van der Waals surface area contributed by atoms with Crippen LogP contribution in [0.5, 0.6) is 0 Å². The highest BCUT2D eigenvalue weighted by molar-refractivity contribution is 6.46. The van der Waals surface area contributed by atoms with Gasteiger partial charge in [-0.2, -0.15) is 0 Å². The molecule has 1 heterocycles. The summed E-state index contributed by atoms with van der Waals surface area (Å²) in [5.41, 5.74) is 10.0. The van der Waals surface area contributed by atoms with E-state index < -0.39 is 11.2 Å². The number of benzene rings is 3. The second-order valence-corrected chi connectivity index (χ2v) is 11.6. The molecule has 1 aromatic heterocycles. The SMILES string of the molecule is Cc1cc(C)cc(C2(C)c3ccccc3-c3ccc(-c4ccc([B]OC(C)(C)C(C)(C)O)cn4)cc32)c1. The zero-order valence-electron chi connectivity index (χ0n) is 22.9. The Kier molecular flexibility index (Phi) is 6.17. The fourth-order valence-corrected chi connectivity index (χ4v) is 5.23. The summed E-state index contributed by atoms with van der Waals surface area (Å²) < 4.78 is 5.90. The van der Waals surface area contributed by atoms with Gasteiger partial charge in [-0.05, 0) is 93.9 Å². The molecule has 0 aliphatic heterocycles. The first-order valence-corrected chi connectivity index (χ1v) is 12.9. The van der Waals surface area contributed by atoms with Crippen LogP contribution in [-0.4, -0.2) is 28.8 Å². The lowest BCUT2D eigenvalue weighted by Gasteiger charge is -2.37. The van der Waals surface area contributed by atoms with Gasteiger partial charge in [0.2, 0.25) is 0 Å². The summed E-state index contributed by atoms with van der Waals surface area (Å²) in [4.78, 5) is 4.76. The summed E-state index contributed by atoms with van der Waals surface area (Å²) in [6.45, 7) is 13.9. The molecule has 1 atom stereocenters. The maximum atomic E-state index is 10.4. The zero-order chi connectivity index (χ0) is 26.6. The second-order valence-electron chi connectivity index (χ2n) is 11.6. The van der Waals surface area contributed by atoms with E-state index in [-0.39, 0.29) is 5.41 Å². The number of aryl methyl sites for hydroxylation is 2. The number of aliphatic hydroxyl groups is 1. The molecule has 37 heavy (non-hydrogen) atoms. The van der Waals surface area contributed by atoms with Gasteiger partial charge in [0.05, 0.1) is 16.9 Å². The van der Waals surface area contributed by atoms with Crippen molar-refractivity contribution in [3.05, 3.63) is 107 Å². The van der Waals surface area contributed by atoms with Crippen molar-refractivity contribution in [1.29, 1.82) is 0 Å². The van der Waals surface area contributed by atoms with Crippen molar-refractivity contribution < 1.29 is 9.76 Å². The van der Waals surface area contributed by atoms with Crippen molar-refractivity contribution in [2.45, 2.75) is 65.1 Å². The third-order valence-electron chi connectivity index (χ3n) is 8.16. The van der Waals surface area contributed by atoms with Crippen molar-refractivity contribution >= 4 is 12.9 Å². The van der Waals surface area contributed by atoms with Gasteiger partial charge in [-0.15, -0.1) is 0 Å². The molecule has 1 aliphatic rings. The maximum Gasteiger partial charge on any atom is 0.332 e. The summed E-state index contributed by atoms with van der Waals surface area (Å²) >= 11 is 0. The molecular formula is C33H35BNO2. The standard InChI is InChI=1S/C33H35BNO2/c1-21-16-22(2)18-24(17-21)33(7)28-11-9-8-10-26(28)27-14-12-23(19-29(27)33)30-15-13-25(20-35-30)34-37-32(5,6)31(3,4)36/h8-20,36H,1-7H3. The van der Waals surface area contributed by atoms with Crippen LogP contribution in [0, 0.1) is 13.8 Å². The number of hydrogen-bond acceptors (Lipinski definition) is 3. The molecule has 1 unspecified atom stereocenters. The Morgan fingerprint density at radius 1 is 0.811 bits per heavy atom. The number of aromatic nitrogens is 1. The molecule has 0 bridgehead atoms. The normalized spacial score (nSPS) is 16.9. The molecule has 5 rings (SSSR count). The minimum absolute atomic E-state index is 0.247. The van der Waals surface area contributed by atoms with Crippen LogP contribution in [0.3, 0.4) is 0 Å². The van der Waals surface area contributed by atoms with Crippen LogP contribution in [-0.2, 0) is 10.1 Å². The Balaban J connectivity index is 1.52. The van der Waals surface area contributed by atoms with Crippen molar-refractivity contribution in [2.75, 3.05) is 0 Å². The van der Waals surface area contributed by atoms with Crippen LogP contribution in [0.15, 0.2) is 79.0 Å². The van der Waals surface area contributed by atoms with Gasteiger partial charge in [0.1, 0.15) is 0 Å². The van der Waals surface area contributed by atoms with E-state index >= 15 is 0 Å². The van der Waals surface area contributed by atoms with E-state index in [0.717, 1.165) is 16.7 Å². The average molecular weight is 488 g/mol. The first-order valence-electron chi connectivity index (χ1n) is 12.9. The highest BCUT2D eigenvalue weighted by Crippen LogP contribution is 2.53. The quantitative estimate of drug-likeness (QED) is 0.315. The summed E-state index contributed by atoms with van der Waals surface area (Å²) in [6.07, 6.45) is 1.82. The highest BCUT2D eigenvalue weighted by Gasteiger charge is 2.41. The van der Waals surface area contributed by atoms with Gasteiger partial charge >= 0.3 is 7.48 Å². The van der Waals surface area contributed by atoms with Crippen LogP contribution < -0.4 is 5.46 Å². The molecule has 4 aromatic rings. The Bertz CT molecular complexity index is 1450. The molecule has 4 heteroatoms. The summed E-state index contributed by atoms with van der Waals surface area (Å²) in [7, 11) is 1.67. The van der Waals surface area contributed by atoms with E-state index in [1.807, 2.05) is 32.2 Å². The number of nitrogens with zero attached hydrogens (tertiary/aromatic N) is 1. The van der Waals surface area contributed by atoms with Gasteiger partial charge in [0.25, 0.3) is 0 Å². The molecule has 3 aromatic carbocycles. The monoisotopic (exact) mass is 488 g/mol. The first kappa shape index (κ1) is 25.4. The van der Waals surface area contributed by atoms with Gasteiger partial charge in [0, 0.05) is 17.2 Å². The van der Waals surface area contributed by atoms with Gasteiger partial charge < -0.3 is 9.76 Å². The lowest BCUT2D eigenvalue weighted by Crippen LogP contribution is -2.49. The van der Waals surface area contributed by atoms with Crippen LogP contribution >= 0.6 is 0 Å². The fourth-order valence-electron chi connectivity index (χ4n) is 5.23. The molecule has 0 amide bonds. The Morgan fingerprint density at radius 2 is 1.49 bits per heavy atom. The largest absolute Gasteiger partial charge is 0.427 e. The molecule has 0 saturated heterocycles. The van der Waals surface area contributed by atoms with Gasteiger partial charge in [-0.1, -0.05) is 71.8 Å². The molecule has 1 N–H and O–H groups in total. The van der Waals surface area contributed by atoms with E-state index in [1.54, 1.807) is 21.3 Å². The number of fused-ring (bicyclic) bond motifs is 3. The van der Waals surface area contributed by atoms with Crippen LogP contribution in [0.2, 0.25) is 0 Å². The topological polar surface area (TPSA) is 42.4 Å². The predicted molar refractivity (Wildman–Crippen MR) is 153 cm³/mol. The molecule has 187 valence electrons. The number of hydrogen-bond donors (Lipinski definition) is 1. The average Bonchev–Trinajstić information content (AvgIpc) is 3.11. The molecule has 1 aliphatic carbocycles. The van der Waals surface area contributed by atoms with Crippen LogP contribution in [0.25, 0.3) is 22.4 Å². The van der Waals surface area contributed by atoms with E-state index in [9.17, 15) is 5.11 Å². The minimum Gasteiger partial charge on any atom is -0.427 e. The third-order valence-corrected chi connectivity index (χ3v) is 8.16. The molecule has 1 radical (unpaired) electrons. The zero-order valence-corrected chi connectivity index (χ0v) is 22.9. The number of pyridine rings is 1. The summed E-state index contributed by atoms with van der Waals surface area (Å²) in [5.74, 6) is 0. The Morgan fingerprint density at radius 3 is 2.14 bits per heavy atom. The smallest absolute Gasteiger partial charge is 0.332 e. The Labute approximate surface area is 221 Å². The van der Waals surface area contributed by atoms with Crippen LogP contribution in [0.4, 0.5) is 0 Å². The molecular weight excluding hydrogens is 453 g/mol. The van der Waals surface area contributed by atoms with Crippen LogP contribution in [0.1, 0.15) is 62.4 Å². The van der Waals surface area contributed by atoms with E-state index in [2.05, 4.69) is 81.4 Å². The second kappa shape index (κ2) is 8.97. The van der Waals surface area contributed by atoms with Gasteiger partial charge in [-0.25, -0.2) is 0 Å². The number of rotatable bonds is 6. The summed E-state index contributed by atoms with van der Waals surface area (Å²) in [5, 5.41) is 10.4. The lowest BCUT2D eigenvalue weighted by molar-refractivity contribution is -0.0893. The van der Waals surface area contributed by atoms with Gasteiger partial charge in [-0.3, -0.25) is 4.98 Å². The molecule has 0 spiro atoms. The van der Waals surface area contributed by atoms with Gasteiger partial charge in [0.15, 0.2) is 0 Å². The van der Waals surface area contributed by atoms with E-state index in [0.29, 0.717) is 0 Å². The summed E-state index contributed by atoms with van der Waals surface area (Å²) in [6, 6.07) is 26.4. The maximum absolute atomic E-state index is 10.4. The van der Waals surface area contributed by atoms with E-state index in [4.69, 9.17) is 9.64 Å². The highest BCUT2D eigenvalue weighted by atomic mass is 16.5. The Hall–Kier alpha value is -3.21. The van der Waals surface area contributed by atoms with Crippen molar-refractivity contribution in [2.24, 2.45) is 0 Å². The van der Waals surface area contributed by atoms with Crippen molar-refractivity contribution in [3.8, 4) is 22.4 Å². The van der Waals surface area contributed by atoms with Crippen molar-refractivity contribution in [3.63, 3.8) is 0 Å². The first-order chi connectivity index (χ1) is 17.4. The minimum atomic E-state index is -0.971. The fraction of sp³-hybridized carbons (Fsp3) is 0.303. The molecule has 3 nitrogen and oxygen atoms in total. The molecule has 0 fully saturated rings. The van der Waals surface area contributed by atoms with E-state index in [1.165, 1.54) is 38.9 Å². The predicted octanol–water partition coefficient (Wildman–Crippen LogP) is 6.51.